The van der Waals surface area contributed by atoms with Crippen molar-refractivity contribution >= 4 is 15.7 Å². The number of benzene rings is 1. The van der Waals surface area contributed by atoms with E-state index in [4.69, 9.17) is 0 Å². The van der Waals surface area contributed by atoms with Gasteiger partial charge in [0, 0.05) is 25.0 Å². The van der Waals surface area contributed by atoms with E-state index in [1.807, 2.05) is 11.5 Å². The van der Waals surface area contributed by atoms with Crippen LogP contribution in [0.1, 0.15) is 12.6 Å². The third-order valence-corrected chi connectivity index (χ3v) is 4.39. The summed E-state index contributed by atoms with van der Waals surface area (Å²) in [5, 5.41) is 3.00. The molecule has 0 saturated carbocycles. The second kappa shape index (κ2) is 6.28. The molecule has 0 aliphatic carbocycles. The summed E-state index contributed by atoms with van der Waals surface area (Å²) in [4.78, 5) is 0.166. The fraction of sp³-hybridized carbons (Fsp3) is 0.286. The molecule has 0 spiro atoms. The van der Waals surface area contributed by atoms with Crippen molar-refractivity contribution in [3.63, 3.8) is 0 Å². The van der Waals surface area contributed by atoms with Crippen molar-refractivity contribution < 1.29 is 12.8 Å². The molecule has 0 amide bonds. The molecule has 5 nitrogen and oxygen atoms in total. The van der Waals surface area contributed by atoms with Crippen molar-refractivity contribution in [3.8, 4) is 0 Å². The van der Waals surface area contributed by atoms with E-state index in [0.717, 1.165) is 11.8 Å². The number of rotatable bonds is 6. The standard InChI is InChI=1S/C14H18FN3O2S/c1-3-18-10-14(8-13(18)9-16-2)21(19,20)17-12-6-4-5-11(15)7-12/h4-8,10,16-17H,3,9H2,1-2H3. The molecule has 1 heterocycles. The topological polar surface area (TPSA) is 63.1 Å². The Morgan fingerprint density at radius 3 is 2.67 bits per heavy atom. The van der Waals surface area contributed by atoms with Crippen LogP contribution in [0.15, 0.2) is 41.4 Å². The summed E-state index contributed by atoms with van der Waals surface area (Å²) in [7, 11) is -1.93. The van der Waals surface area contributed by atoms with Gasteiger partial charge in [-0.1, -0.05) is 6.07 Å². The maximum absolute atomic E-state index is 13.1. The first kappa shape index (κ1) is 15.5. The number of hydrogen-bond donors (Lipinski definition) is 2. The second-order valence-corrected chi connectivity index (χ2v) is 6.28. The normalized spacial score (nSPS) is 11.6. The molecule has 0 aliphatic heterocycles. The number of nitrogens with zero attached hydrogens (tertiary/aromatic N) is 1. The molecule has 21 heavy (non-hydrogen) atoms. The van der Waals surface area contributed by atoms with Crippen molar-refractivity contribution in [2.45, 2.75) is 24.9 Å². The SMILES string of the molecule is CCn1cc(S(=O)(=O)Nc2cccc(F)c2)cc1CNC. The van der Waals surface area contributed by atoms with E-state index in [-0.39, 0.29) is 10.6 Å². The summed E-state index contributed by atoms with van der Waals surface area (Å²) >= 11 is 0. The van der Waals surface area contributed by atoms with E-state index in [9.17, 15) is 12.8 Å². The highest BCUT2D eigenvalue weighted by Crippen LogP contribution is 2.19. The lowest BCUT2D eigenvalue weighted by atomic mass is 10.3. The van der Waals surface area contributed by atoms with Crippen molar-refractivity contribution in [1.82, 2.24) is 9.88 Å². The largest absolute Gasteiger partial charge is 0.349 e. The predicted molar refractivity (Wildman–Crippen MR) is 80.1 cm³/mol. The summed E-state index contributed by atoms with van der Waals surface area (Å²) < 4.78 is 42.0. The minimum absolute atomic E-state index is 0.166. The van der Waals surface area contributed by atoms with E-state index in [1.54, 1.807) is 19.3 Å². The van der Waals surface area contributed by atoms with E-state index in [2.05, 4.69) is 10.0 Å². The molecule has 7 heteroatoms. The molecule has 0 unspecified atom stereocenters. The van der Waals surface area contributed by atoms with Crippen molar-refractivity contribution in [2.75, 3.05) is 11.8 Å². The molecule has 0 fully saturated rings. The molecule has 114 valence electrons. The molecule has 2 N–H and O–H groups in total. The minimum atomic E-state index is -3.73. The Kier molecular flexibility index (Phi) is 4.64. The fourth-order valence-electron chi connectivity index (χ4n) is 2.06. The zero-order chi connectivity index (χ0) is 15.5. The van der Waals surface area contributed by atoms with Crippen molar-refractivity contribution in [2.24, 2.45) is 0 Å². The van der Waals surface area contributed by atoms with Crippen LogP contribution < -0.4 is 10.0 Å². The van der Waals surface area contributed by atoms with Crippen molar-refractivity contribution in [3.05, 3.63) is 48.0 Å². The van der Waals surface area contributed by atoms with Gasteiger partial charge in [-0.25, -0.2) is 12.8 Å². The van der Waals surface area contributed by atoms with Crippen LogP contribution in [0, 0.1) is 5.82 Å². The molecular formula is C14H18FN3O2S. The Morgan fingerprint density at radius 2 is 2.05 bits per heavy atom. The van der Waals surface area contributed by atoms with Crippen LogP contribution in [-0.4, -0.2) is 20.0 Å². The number of sulfonamides is 1. The number of aromatic nitrogens is 1. The molecule has 1 aromatic carbocycles. The molecule has 0 aliphatic rings. The van der Waals surface area contributed by atoms with Gasteiger partial charge in [-0.15, -0.1) is 0 Å². The Labute approximate surface area is 123 Å². The molecule has 0 radical (unpaired) electrons. The van der Waals surface area contributed by atoms with Gasteiger partial charge in [-0.3, -0.25) is 4.72 Å². The first-order valence-electron chi connectivity index (χ1n) is 6.58. The minimum Gasteiger partial charge on any atom is -0.349 e. The van der Waals surface area contributed by atoms with Gasteiger partial charge >= 0.3 is 0 Å². The summed E-state index contributed by atoms with van der Waals surface area (Å²) in [5.41, 5.74) is 1.08. The molecule has 1 aromatic heterocycles. The lowest BCUT2D eigenvalue weighted by Crippen LogP contribution is -2.12. The Balaban J connectivity index is 2.31. The molecule has 2 aromatic rings. The lowest BCUT2D eigenvalue weighted by molar-refractivity contribution is 0.600. The lowest BCUT2D eigenvalue weighted by Gasteiger charge is -2.06. The first-order chi connectivity index (χ1) is 9.96. The second-order valence-electron chi connectivity index (χ2n) is 4.60. The molecule has 0 bridgehead atoms. The summed E-state index contributed by atoms with van der Waals surface area (Å²) in [6, 6.07) is 6.98. The highest BCUT2D eigenvalue weighted by Gasteiger charge is 2.18. The average Bonchev–Trinajstić information content (AvgIpc) is 2.83. The van der Waals surface area contributed by atoms with Gasteiger partial charge in [0.1, 0.15) is 10.7 Å². The number of hydrogen-bond acceptors (Lipinski definition) is 3. The van der Waals surface area contributed by atoms with Gasteiger partial charge in [-0.2, -0.15) is 0 Å². The smallest absolute Gasteiger partial charge is 0.263 e. The van der Waals surface area contributed by atoms with E-state index in [1.165, 1.54) is 18.2 Å². The quantitative estimate of drug-likeness (QED) is 0.859. The fourth-order valence-corrected chi connectivity index (χ4v) is 3.17. The first-order valence-corrected chi connectivity index (χ1v) is 8.06. The molecule has 0 atom stereocenters. The van der Waals surface area contributed by atoms with E-state index in [0.29, 0.717) is 13.1 Å². The van der Waals surface area contributed by atoms with E-state index >= 15 is 0 Å². The average molecular weight is 311 g/mol. The van der Waals surface area contributed by atoms with Gasteiger partial charge < -0.3 is 9.88 Å². The highest BCUT2D eigenvalue weighted by atomic mass is 32.2. The third-order valence-electron chi connectivity index (χ3n) is 3.05. The van der Waals surface area contributed by atoms with Crippen molar-refractivity contribution in [1.29, 1.82) is 0 Å². The Hall–Kier alpha value is -1.86. The number of nitrogens with one attached hydrogen (secondary N) is 2. The van der Waals surface area contributed by atoms with Crippen LogP contribution >= 0.6 is 0 Å². The highest BCUT2D eigenvalue weighted by molar-refractivity contribution is 7.92. The maximum atomic E-state index is 13.1. The number of anilines is 1. The zero-order valence-corrected chi connectivity index (χ0v) is 12.7. The van der Waals surface area contributed by atoms with Crippen LogP contribution in [0.2, 0.25) is 0 Å². The van der Waals surface area contributed by atoms with Gasteiger partial charge in [0.05, 0.1) is 5.69 Å². The van der Waals surface area contributed by atoms with Crippen LogP contribution in [0.25, 0.3) is 0 Å². The Bertz CT molecular complexity index is 726. The molecule has 2 rings (SSSR count). The summed E-state index contributed by atoms with van der Waals surface area (Å²) in [6.07, 6.45) is 1.58. The summed E-state index contributed by atoms with van der Waals surface area (Å²) in [5.74, 6) is -0.489. The van der Waals surface area contributed by atoms with Crippen LogP contribution in [0.5, 0.6) is 0 Å². The maximum Gasteiger partial charge on any atom is 0.263 e. The monoisotopic (exact) mass is 311 g/mol. The number of aryl methyl sites for hydroxylation is 1. The van der Waals surface area contributed by atoms with Gasteiger partial charge in [0.25, 0.3) is 10.0 Å². The molecule has 0 saturated heterocycles. The van der Waals surface area contributed by atoms with Gasteiger partial charge in [0.2, 0.25) is 0 Å². The summed E-state index contributed by atoms with van der Waals surface area (Å²) in [6.45, 7) is 3.19. The van der Waals surface area contributed by atoms with E-state index < -0.39 is 15.8 Å². The van der Waals surface area contributed by atoms with Crippen LogP contribution in [0.3, 0.4) is 0 Å². The van der Waals surface area contributed by atoms with Crippen LogP contribution in [0.4, 0.5) is 10.1 Å². The predicted octanol–water partition coefficient (Wildman–Crippen LogP) is 2.17. The third kappa shape index (κ3) is 3.62. The van der Waals surface area contributed by atoms with Crippen LogP contribution in [-0.2, 0) is 23.1 Å². The molecular weight excluding hydrogens is 293 g/mol. The van der Waals surface area contributed by atoms with Gasteiger partial charge in [-0.05, 0) is 38.2 Å². The zero-order valence-electron chi connectivity index (χ0n) is 11.9. The number of halogens is 1. The Morgan fingerprint density at radius 1 is 1.29 bits per heavy atom. The van der Waals surface area contributed by atoms with Gasteiger partial charge in [0.15, 0.2) is 0 Å².